The molecular formula is C7H12N4O. The second kappa shape index (κ2) is 3.38. The van der Waals surface area contributed by atoms with Crippen LogP contribution < -0.4 is 11.6 Å². The lowest BCUT2D eigenvalue weighted by atomic mass is 10.2. The number of hydrogen-bond donors (Lipinski definition) is 3. The summed E-state index contributed by atoms with van der Waals surface area (Å²) in [5.74, 6) is 4.91. The van der Waals surface area contributed by atoms with E-state index in [1.165, 1.54) is 7.05 Å². The van der Waals surface area contributed by atoms with E-state index in [2.05, 4.69) is 4.98 Å². The maximum Gasteiger partial charge on any atom is 0.259 e. The summed E-state index contributed by atoms with van der Waals surface area (Å²) < 4.78 is 0. The molecule has 5 N–H and O–H groups in total. The Balaban J connectivity index is 2.72. The molecule has 1 aromatic heterocycles. The summed E-state index contributed by atoms with van der Waals surface area (Å²) in [7, 11) is 1.46. The molecule has 5 heteroatoms. The highest BCUT2D eigenvalue weighted by Crippen LogP contribution is 2.07. The molecule has 0 bridgehead atoms. The molecule has 0 aliphatic heterocycles. The highest BCUT2D eigenvalue weighted by atomic mass is 16.2. The summed E-state index contributed by atoms with van der Waals surface area (Å²) in [6.45, 7) is 0. The second-order valence-corrected chi connectivity index (χ2v) is 2.55. The summed E-state index contributed by atoms with van der Waals surface area (Å²) in [5, 5.41) is 0.978. The molecule has 1 heterocycles. The molecule has 1 rings (SSSR count). The van der Waals surface area contributed by atoms with Gasteiger partial charge in [-0.3, -0.25) is 9.80 Å². The molecule has 0 spiro atoms. The van der Waals surface area contributed by atoms with E-state index in [9.17, 15) is 4.79 Å². The predicted molar refractivity (Wildman–Crippen MR) is 44.7 cm³/mol. The average Bonchev–Trinajstić information content (AvgIpc) is 2.53. The van der Waals surface area contributed by atoms with E-state index in [4.69, 9.17) is 11.6 Å². The first kappa shape index (κ1) is 8.76. The van der Waals surface area contributed by atoms with E-state index in [0.717, 1.165) is 5.01 Å². The molecule has 1 atom stereocenters. The fraction of sp³-hybridized carbons (Fsp3) is 0.286. The molecule has 0 saturated carbocycles. The van der Waals surface area contributed by atoms with Crippen molar-refractivity contribution in [1.82, 2.24) is 9.99 Å². The van der Waals surface area contributed by atoms with Crippen LogP contribution in [-0.2, 0) is 4.79 Å². The fourth-order valence-electron chi connectivity index (χ4n) is 0.890. The summed E-state index contributed by atoms with van der Waals surface area (Å²) >= 11 is 0. The maximum absolute atomic E-state index is 11.2. The molecule has 0 aliphatic carbocycles. The largest absolute Gasteiger partial charge is 0.363 e. The predicted octanol–water partition coefficient (Wildman–Crippen LogP) is -0.653. The fourth-order valence-corrected chi connectivity index (χ4v) is 0.890. The van der Waals surface area contributed by atoms with Crippen LogP contribution in [0.1, 0.15) is 11.7 Å². The highest BCUT2D eigenvalue weighted by molar-refractivity contribution is 5.81. The number of nitrogens with zero attached hydrogens (tertiary/aromatic N) is 1. The number of H-pyrrole nitrogens is 1. The molecule has 5 nitrogen and oxygen atoms in total. The van der Waals surface area contributed by atoms with E-state index >= 15 is 0 Å². The highest BCUT2D eigenvalue weighted by Gasteiger charge is 2.18. The quantitative estimate of drug-likeness (QED) is 0.311. The van der Waals surface area contributed by atoms with E-state index in [0.29, 0.717) is 5.69 Å². The van der Waals surface area contributed by atoms with Gasteiger partial charge in [-0.25, -0.2) is 5.84 Å². The molecule has 0 fully saturated rings. The van der Waals surface area contributed by atoms with Crippen molar-refractivity contribution in [2.24, 2.45) is 11.6 Å². The van der Waals surface area contributed by atoms with Crippen molar-refractivity contribution in [3.8, 4) is 0 Å². The summed E-state index contributed by atoms with van der Waals surface area (Å²) in [4.78, 5) is 14.0. The van der Waals surface area contributed by atoms with Crippen molar-refractivity contribution >= 4 is 5.91 Å². The Morgan fingerprint density at radius 2 is 2.42 bits per heavy atom. The Labute approximate surface area is 70.3 Å². The molecule has 0 aliphatic rings. The second-order valence-electron chi connectivity index (χ2n) is 2.55. The molecule has 0 saturated heterocycles. The third-order valence-corrected chi connectivity index (χ3v) is 1.57. The van der Waals surface area contributed by atoms with Gasteiger partial charge in [0.15, 0.2) is 0 Å². The number of nitrogens with one attached hydrogen (secondary N) is 1. The number of carbonyl (C=O) groups is 1. The SMILES string of the molecule is CN(N)C(=O)C(N)c1ccc[nH]1. The van der Waals surface area contributed by atoms with Crippen LogP contribution in [0.3, 0.4) is 0 Å². The normalized spacial score (nSPS) is 12.6. The third kappa shape index (κ3) is 1.63. The summed E-state index contributed by atoms with van der Waals surface area (Å²) in [6, 6.07) is 2.82. The van der Waals surface area contributed by atoms with Gasteiger partial charge in [0.2, 0.25) is 0 Å². The molecule has 66 valence electrons. The Morgan fingerprint density at radius 1 is 1.75 bits per heavy atom. The van der Waals surface area contributed by atoms with Gasteiger partial charge in [-0.2, -0.15) is 0 Å². The number of carbonyl (C=O) groups excluding carboxylic acids is 1. The minimum absolute atomic E-state index is 0.322. The zero-order valence-electron chi connectivity index (χ0n) is 6.82. The number of hydrogen-bond acceptors (Lipinski definition) is 3. The zero-order valence-corrected chi connectivity index (χ0v) is 6.82. The zero-order chi connectivity index (χ0) is 9.14. The van der Waals surface area contributed by atoms with Crippen LogP contribution in [0, 0.1) is 0 Å². The van der Waals surface area contributed by atoms with Crippen LogP contribution in [0.4, 0.5) is 0 Å². The van der Waals surface area contributed by atoms with E-state index in [1.54, 1.807) is 18.3 Å². The molecule has 1 amide bonds. The first-order chi connectivity index (χ1) is 5.63. The van der Waals surface area contributed by atoms with Gasteiger partial charge in [-0.15, -0.1) is 0 Å². The van der Waals surface area contributed by atoms with E-state index in [1.807, 2.05) is 0 Å². The van der Waals surface area contributed by atoms with Crippen LogP contribution in [0.15, 0.2) is 18.3 Å². The number of aromatic amines is 1. The van der Waals surface area contributed by atoms with Crippen LogP contribution >= 0.6 is 0 Å². The lowest BCUT2D eigenvalue weighted by Gasteiger charge is -2.14. The lowest BCUT2D eigenvalue weighted by Crippen LogP contribution is -2.40. The Hall–Kier alpha value is -1.33. The van der Waals surface area contributed by atoms with Crippen molar-refractivity contribution in [3.05, 3.63) is 24.0 Å². The third-order valence-electron chi connectivity index (χ3n) is 1.57. The standard InChI is InChI=1S/C7H12N4O/c1-11(9)7(12)6(8)5-3-2-4-10-5/h2-4,6,10H,8-9H2,1H3. The van der Waals surface area contributed by atoms with Gasteiger partial charge in [-0.05, 0) is 12.1 Å². The van der Waals surface area contributed by atoms with E-state index in [-0.39, 0.29) is 5.91 Å². The van der Waals surface area contributed by atoms with E-state index < -0.39 is 6.04 Å². The number of hydrazine groups is 1. The van der Waals surface area contributed by atoms with Crippen LogP contribution in [0.5, 0.6) is 0 Å². The number of amides is 1. The number of aromatic nitrogens is 1. The first-order valence-corrected chi connectivity index (χ1v) is 3.54. The maximum atomic E-state index is 11.2. The minimum Gasteiger partial charge on any atom is -0.363 e. The molecule has 0 radical (unpaired) electrons. The molecule has 0 aromatic carbocycles. The average molecular weight is 168 g/mol. The van der Waals surface area contributed by atoms with Crippen molar-refractivity contribution in [2.45, 2.75) is 6.04 Å². The lowest BCUT2D eigenvalue weighted by molar-refractivity contribution is -0.131. The smallest absolute Gasteiger partial charge is 0.259 e. The van der Waals surface area contributed by atoms with Crippen molar-refractivity contribution < 1.29 is 4.79 Å². The first-order valence-electron chi connectivity index (χ1n) is 3.54. The van der Waals surface area contributed by atoms with Gasteiger partial charge < -0.3 is 10.7 Å². The van der Waals surface area contributed by atoms with Crippen LogP contribution in [0.25, 0.3) is 0 Å². The molecule has 1 aromatic rings. The van der Waals surface area contributed by atoms with Gasteiger partial charge in [0, 0.05) is 18.9 Å². The summed E-state index contributed by atoms with van der Waals surface area (Å²) in [5.41, 5.74) is 6.25. The minimum atomic E-state index is -0.699. The topological polar surface area (TPSA) is 88.1 Å². The number of likely N-dealkylation sites (N-methyl/N-ethyl adjacent to an activating group) is 1. The molecular weight excluding hydrogens is 156 g/mol. The van der Waals surface area contributed by atoms with Crippen molar-refractivity contribution in [1.29, 1.82) is 0 Å². The molecule has 1 unspecified atom stereocenters. The van der Waals surface area contributed by atoms with Gasteiger partial charge in [0.1, 0.15) is 6.04 Å². The van der Waals surface area contributed by atoms with Crippen LogP contribution in [0.2, 0.25) is 0 Å². The molecule has 12 heavy (non-hydrogen) atoms. The Bertz CT molecular complexity index is 254. The Kier molecular flexibility index (Phi) is 2.47. The van der Waals surface area contributed by atoms with Gasteiger partial charge in [0.05, 0.1) is 0 Å². The number of rotatable bonds is 2. The van der Waals surface area contributed by atoms with Gasteiger partial charge >= 0.3 is 0 Å². The van der Waals surface area contributed by atoms with Crippen LogP contribution in [-0.4, -0.2) is 22.9 Å². The number of nitrogens with two attached hydrogens (primary N) is 2. The monoisotopic (exact) mass is 168 g/mol. The van der Waals surface area contributed by atoms with Gasteiger partial charge in [0.25, 0.3) is 5.91 Å². The summed E-state index contributed by atoms with van der Waals surface area (Å²) in [6.07, 6.45) is 1.71. The van der Waals surface area contributed by atoms with Crippen molar-refractivity contribution in [3.63, 3.8) is 0 Å². The Morgan fingerprint density at radius 3 is 2.83 bits per heavy atom. The van der Waals surface area contributed by atoms with Crippen molar-refractivity contribution in [2.75, 3.05) is 7.05 Å². The van der Waals surface area contributed by atoms with Gasteiger partial charge in [-0.1, -0.05) is 0 Å².